The number of aromatic nitrogens is 1. The molecule has 1 aliphatic heterocycles. The van der Waals surface area contributed by atoms with Crippen LogP contribution in [0.4, 0.5) is 5.82 Å². The second-order valence-electron chi connectivity index (χ2n) is 4.55. The molecule has 0 spiro atoms. The maximum absolute atomic E-state index is 12.0. The molecule has 0 aromatic carbocycles. The molecule has 1 aliphatic rings. The minimum absolute atomic E-state index is 0.00237. The summed E-state index contributed by atoms with van der Waals surface area (Å²) >= 11 is 0. The molecule has 2 rings (SSSR count). The third-order valence-electron chi connectivity index (χ3n) is 3.11. The van der Waals surface area contributed by atoms with E-state index in [2.05, 4.69) is 15.6 Å². The van der Waals surface area contributed by atoms with E-state index in [1.165, 1.54) is 6.07 Å². The third-order valence-corrected chi connectivity index (χ3v) is 3.11. The van der Waals surface area contributed by atoms with Crippen LogP contribution in [0.3, 0.4) is 0 Å². The van der Waals surface area contributed by atoms with Gasteiger partial charge in [-0.25, -0.2) is 4.98 Å². The van der Waals surface area contributed by atoms with Crippen molar-refractivity contribution in [3.8, 4) is 5.75 Å². The van der Waals surface area contributed by atoms with Crippen LogP contribution in [0.25, 0.3) is 0 Å². The highest BCUT2D eigenvalue weighted by atomic mass is 16.3. The average molecular weight is 235 g/mol. The predicted octanol–water partition coefficient (Wildman–Crippen LogP) is 0.890. The molecule has 1 amide bonds. The van der Waals surface area contributed by atoms with Crippen molar-refractivity contribution in [1.82, 2.24) is 10.3 Å². The number of hydrogen-bond acceptors (Lipinski definition) is 4. The minimum Gasteiger partial charge on any atom is -0.504 e. The molecule has 2 atom stereocenters. The van der Waals surface area contributed by atoms with Crippen molar-refractivity contribution < 1.29 is 9.90 Å². The second kappa shape index (κ2) is 4.71. The van der Waals surface area contributed by atoms with Gasteiger partial charge in [-0.05, 0) is 31.5 Å². The number of anilines is 1. The van der Waals surface area contributed by atoms with Gasteiger partial charge in [0.1, 0.15) is 0 Å². The van der Waals surface area contributed by atoms with E-state index in [-0.39, 0.29) is 23.4 Å². The lowest BCUT2D eigenvalue weighted by molar-refractivity contribution is -0.120. The van der Waals surface area contributed by atoms with Crippen molar-refractivity contribution in [3.63, 3.8) is 0 Å². The Morgan fingerprint density at radius 1 is 1.53 bits per heavy atom. The Morgan fingerprint density at radius 2 is 2.29 bits per heavy atom. The zero-order valence-electron chi connectivity index (χ0n) is 10.0. The Bertz CT molecular complexity index is 434. The fourth-order valence-electron chi connectivity index (χ4n) is 2.01. The predicted molar refractivity (Wildman–Crippen MR) is 64.8 cm³/mol. The van der Waals surface area contributed by atoms with Gasteiger partial charge in [-0.2, -0.15) is 0 Å². The van der Waals surface area contributed by atoms with Crippen LogP contribution >= 0.6 is 0 Å². The first kappa shape index (κ1) is 11.9. The summed E-state index contributed by atoms with van der Waals surface area (Å²) < 4.78 is 0. The van der Waals surface area contributed by atoms with Crippen molar-refractivity contribution >= 4 is 11.7 Å². The molecule has 0 radical (unpaired) electrons. The van der Waals surface area contributed by atoms with Gasteiger partial charge in [-0.3, -0.25) is 4.79 Å². The number of nitrogens with zero attached hydrogens (tertiary/aromatic N) is 1. The molecule has 0 aliphatic carbocycles. The third kappa shape index (κ3) is 2.55. The van der Waals surface area contributed by atoms with E-state index in [0.717, 1.165) is 12.2 Å². The molecule has 0 bridgehead atoms. The fraction of sp³-hybridized carbons (Fsp3) is 0.500. The number of amides is 1. The Balaban J connectivity index is 2.10. The molecule has 1 aromatic rings. The summed E-state index contributed by atoms with van der Waals surface area (Å²) in [5, 5.41) is 15.5. The van der Waals surface area contributed by atoms with Gasteiger partial charge in [-0.1, -0.05) is 6.92 Å². The second-order valence-corrected chi connectivity index (χ2v) is 4.55. The lowest BCUT2D eigenvalue weighted by atomic mass is 9.97. The van der Waals surface area contributed by atoms with Crippen LogP contribution in [-0.4, -0.2) is 29.1 Å². The lowest BCUT2D eigenvalue weighted by Gasteiger charge is -2.14. The van der Waals surface area contributed by atoms with Crippen molar-refractivity contribution in [2.24, 2.45) is 11.8 Å². The quantitative estimate of drug-likeness (QED) is 0.711. The summed E-state index contributed by atoms with van der Waals surface area (Å²) in [6, 6.07) is 3.24. The van der Waals surface area contributed by atoms with Gasteiger partial charge in [-0.15, -0.1) is 0 Å². The highest BCUT2D eigenvalue weighted by Gasteiger charge is 2.30. The summed E-state index contributed by atoms with van der Waals surface area (Å²) in [5.41, 5.74) is 0.760. The van der Waals surface area contributed by atoms with Crippen LogP contribution in [0.15, 0.2) is 12.1 Å². The Hall–Kier alpha value is -1.62. The number of nitrogens with one attached hydrogen (secondary N) is 2. The van der Waals surface area contributed by atoms with Crippen LogP contribution < -0.4 is 10.6 Å². The molecule has 1 aromatic heterocycles. The Morgan fingerprint density at radius 3 is 2.94 bits per heavy atom. The normalized spacial score (nSPS) is 23.6. The van der Waals surface area contributed by atoms with E-state index >= 15 is 0 Å². The molecule has 5 nitrogen and oxygen atoms in total. The first-order valence-corrected chi connectivity index (χ1v) is 5.76. The standard InChI is InChI=1S/C12H17N3O2/c1-7-5-13-6-9(7)12(17)15-11-10(16)4-3-8(2)14-11/h3-4,7,9,13,16H,5-6H2,1-2H3,(H,14,15,17)/t7-,9-/m1/s1. The highest BCUT2D eigenvalue weighted by Crippen LogP contribution is 2.23. The van der Waals surface area contributed by atoms with Gasteiger partial charge in [0.05, 0.1) is 5.92 Å². The Kier molecular flexibility index (Phi) is 3.28. The minimum atomic E-state index is -0.0871. The van der Waals surface area contributed by atoms with Crippen LogP contribution in [-0.2, 0) is 4.79 Å². The number of pyridine rings is 1. The van der Waals surface area contributed by atoms with Crippen LogP contribution in [0.5, 0.6) is 5.75 Å². The first-order chi connectivity index (χ1) is 8.08. The van der Waals surface area contributed by atoms with E-state index in [1.807, 2.05) is 13.8 Å². The van der Waals surface area contributed by atoms with Crippen molar-refractivity contribution in [2.45, 2.75) is 13.8 Å². The van der Waals surface area contributed by atoms with Gasteiger partial charge in [0.25, 0.3) is 0 Å². The molecule has 5 heteroatoms. The van der Waals surface area contributed by atoms with Crippen molar-refractivity contribution in [1.29, 1.82) is 0 Å². The first-order valence-electron chi connectivity index (χ1n) is 5.76. The number of carbonyl (C=O) groups is 1. The molecule has 0 unspecified atom stereocenters. The monoisotopic (exact) mass is 235 g/mol. The number of rotatable bonds is 2. The molecule has 2 heterocycles. The SMILES string of the molecule is Cc1ccc(O)c(NC(=O)[C@@H]2CNC[C@H]2C)n1. The topological polar surface area (TPSA) is 74.2 Å². The van der Waals surface area contributed by atoms with Gasteiger partial charge < -0.3 is 15.7 Å². The summed E-state index contributed by atoms with van der Waals surface area (Å²) in [6.07, 6.45) is 0. The maximum atomic E-state index is 12.0. The highest BCUT2D eigenvalue weighted by molar-refractivity contribution is 5.93. The van der Waals surface area contributed by atoms with E-state index in [1.54, 1.807) is 6.07 Å². The molecule has 92 valence electrons. The molecular formula is C12H17N3O2. The van der Waals surface area contributed by atoms with Crippen LogP contribution in [0.1, 0.15) is 12.6 Å². The largest absolute Gasteiger partial charge is 0.504 e. The average Bonchev–Trinajstić information content (AvgIpc) is 2.70. The summed E-state index contributed by atoms with van der Waals surface area (Å²) in [4.78, 5) is 16.1. The number of carbonyl (C=O) groups excluding carboxylic acids is 1. The zero-order valence-corrected chi connectivity index (χ0v) is 10.0. The fourth-order valence-corrected chi connectivity index (χ4v) is 2.01. The summed E-state index contributed by atoms with van der Waals surface area (Å²) in [5.74, 6) is 0.409. The van der Waals surface area contributed by atoms with E-state index in [0.29, 0.717) is 12.5 Å². The molecular weight excluding hydrogens is 218 g/mol. The van der Waals surface area contributed by atoms with Crippen LogP contribution in [0.2, 0.25) is 0 Å². The molecule has 17 heavy (non-hydrogen) atoms. The lowest BCUT2D eigenvalue weighted by Crippen LogP contribution is -2.28. The number of aryl methyl sites for hydroxylation is 1. The molecule has 0 saturated carbocycles. The van der Waals surface area contributed by atoms with E-state index in [9.17, 15) is 9.90 Å². The van der Waals surface area contributed by atoms with Gasteiger partial charge in [0.2, 0.25) is 5.91 Å². The summed E-state index contributed by atoms with van der Waals surface area (Å²) in [6.45, 7) is 5.38. The van der Waals surface area contributed by atoms with Crippen molar-refractivity contribution in [2.75, 3.05) is 18.4 Å². The van der Waals surface area contributed by atoms with Gasteiger partial charge in [0.15, 0.2) is 11.6 Å². The van der Waals surface area contributed by atoms with E-state index in [4.69, 9.17) is 0 Å². The maximum Gasteiger partial charge on any atom is 0.230 e. The smallest absolute Gasteiger partial charge is 0.230 e. The van der Waals surface area contributed by atoms with Crippen molar-refractivity contribution in [3.05, 3.63) is 17.8 Å². The Labute approximate surface area is 100 Å². The van der Waals surface area contributed by atoms with Gasteiger partial charge >= 0.3 is 0 Å². The summed E-state index contributed by atoms with van der Waals surface area (Å²) in [7, 11) is 0. The number of hydrogen-bond donors (Lipinski definition) is 3. The van der Waals surface area contributed by atoms with Gasteiger partial charge in [0, 0.05) is 12.2 Å². The van der Waals surface area contributed by atoms with E-state index < -0.39 is 0 Å². The number of aromatic hydroxyl groups is 1. The zero-order chi connectivity index (χ0) is 12.4. The molecule has 3 N–H and O–H groups in total. The molecule has 1 saturated heterocycles. The molecule has 1 fully saturated rings. The van der Waals surface area contributed by atoms with Crippen LogP contribution in [0, 0.1) is 18.8 Å².